The van der Waals surface area contributed by atoms with E-state index in [2.05, 4.69) is 20.8 Å². The van der Waals surface area contributed by atoms with Crippen molar-refractivity contribution in [3.8, 4) is 0 Å². The van der Waals surface area contributed by atoms with Gasteiger partial charge >= 0.3 is 0 Å². The van der Waals surface area contributed by atoms with E-state index in [1.807, 2.05) is 84.9 Å². The Kier molecular flexibility index (Phi) is 5.58. The van der Waals surface area contributed by atoms with Crippen molar-refractivity contribution in [1.82, 2.24) is 10.3 Å². The van der Waals surface area contributed by atoms with Gasteiger partial charge in [-0.1, -0.05) is 78.9 Å². The summed E-state index contributed by atoms with van der Waals surface area (Å²) < 4.78 is 0. The lowest BCUT2D eigenvalue weighted by Gasteiger charge is -2.10. The van der Waals surface area contributed by atoms with E-state index >= 15 is 0 Å². The molecule has 142 valence electrons. The summed E-state index contributed by atoms with van der Waals surface area (Å²) in [6, 6.07) is 28.9. The molecule has 1 aromatic heterocycles. The summed E-state index contributed by atoms with van der Waals surface area (Å²) in [6.07, 6.45) is 1.71. The molecule has 5 nitrogen and oxygen atoms in total. The lowest BCUT2D eigenvalue weighted by Crippen LogP contribution is -2.23. The van der Waals surface area contributed by atoms with E-state index in [-0.39, 0.29) is 5.91 Å². The fourth-order valence-electron chi connectivity index (χ4n) is 3.01. The Hall–Kier alpha value is -3.99. The summed E-state index contributed by atoms with van der Waals surface area (Å²) in [7, 11) is 0. The summed E-state index contributed by atoms with van der Waals surface area (Å²) >= 11 is 0. The van der Waals surface area contributed by atoms with Gasteiger partial charge in [-0.05, 0) is 23.3 Å². The van der Waals surface area contributed by atoms with Crippen molar-refractivity contribution in [2.75, 3.05) is 5.43 Å². The maximum absolute atomic E-state index is 12.9. The maximum atomic E-state index is 12.9. The van der Waals surface area contributed by atoms with Crippen molar-refractivity contribution >= 4 is 28.8 Å². The van der Waals surface area contributed by atoms with E-state index in [0.29, 0.717) is 17.9 Å². The van der Waals surface area contributed by atoms with Gasteiger partial charge in [-0.2, -0.15) is 5.10 Å². The second-order valence-corrected chi connectivity index (χ2v) is 6.52. The molecule has 0 atom stereocenters. The molecule has 0 radical (unpaired) electrons. The van der Waals surface area contributed by atoms with Gasteiger partial charge in [0.05, 0.1) is 17.3 Å². The van der Waals surface area contributed by atoms with Crippen LogP contribution in [0.15, 0.2) is 96.1 Å². The molecular weight excluding hydrogens is 360 g/mol. The number of nitrogens with one attached hydrogen (secondary N) is 2. The topological polar surface area (TPSA) is 66.4 Å². The molecule has 0 saturated carbocycles. The normalized spacial score (nSPS) is 10.9. The Morgan fingerprint density at radius 3 is 2.38 bits per heavy atom. The number of anilines is 1. The molecule has 0 aliphatic heterocycles. The molecule has 5 heteroatoms. The zero-order chi connectivity index (χ0) is 19.9. The van der Waals surface area contributed by atoms with Crippen LogP contribution in [0, 0.1) is 0 Å². The number of hydrogen-bond donors (Lipinski definition) is 2. The maximum Gasteiger partial charge on any atom is 0.252 e. The Morgan fingerprint density at radius 2 is 1.59 bits per heavy atom. The molecule has 0 aliphatic rings. The number of rotatable bonds is 6. The summed E-state index contributed by atoms with van der Waals surface area (Å²) in [5.41, 5.74) is 6.25. The number of carbonyl (C=O) groups excluding carboxylic acids is 1. The molecule has 0 bridgehead atoms. The minimum Gasteiger partial charge on any atom is -0.348 e. The van der Waals surface area contributed by atoms with Crippen molar-refractivity contribution < 1.29 is 4.79 Å². The number of benzene rings is 3. The second-order valence-electron chi connectivity index (χ2n) is 6.52. The Labute approximate surface area is 169 Å². The van der Waals surface area contributed by atoms with E-state index in [4.69, 9.17) is 0 Å². The number of amides is 1. The average Bonchev–Trinajstić information content (AvgIpc) is 2.78. The minimum atomic E-state index is -0.150. The van der Waals surface area contributed by atoms with Gasteiger partial charge in [-0.3, -0.25) is 10.2 Å². The molecule has 4 rings (SSSR count). The van der Waals surface area contributed by atoms with Gasteiger partial charge in [0, 0.05) is 11.9 Å². The Balaban J connectivity index is 1.57. The van der Waals surface area contributed by atoms with Crippen molar-refractivity contribution in [3.63, 3.8) is 0 Å². The Bertz CT molecular complexity index is 1140. The van der Waals surface area contributed by atoms with Crippen molar-refractivity contribution in [3.05, 3.63) is 108 Å². The number of pyridine rings is 1. The second kappa shape index (κ2) is 8.80. The van der Waals surface area contributed by atoms with Crippen LogP contribution in [0.1, 0.15) is 21.5 Å². The van der Waals surface area contributed by atoms with Crippen LogP contribution in [0.5, 0.6) is 0 Å². The molecule has 0 unspecified atom stereocenters. The number of nitrogens with zero attached hydrogens (tertiary/aromatic N) is 2. The van der Waals surface area contributed by atoms with Crippen molar-refractivity contribution in [2.45, 2.75) is 6.54 Å². The predicted molar refractivity (Wildman–Crippen MR) is 117 cm³/mol. The predicted octanol–water partition coefficient (Wildman–Crippen LogP) is 4.61. The van der Waals surface area contributed by atoms with Gasteiger partial charge in [0.25, 0.3) is 5.91 Å². The molecule has 2 N–H and O–H groups in total. The third-order valence-corrected chi connectivity index (χ3v) is 4.45. The zero-order valence-electron chi connectivity index (χ0n) is 15.7. The van der Waals surface area contributed by atoms with Crippen LogP contribution in [0.2, 0.25) is 0 Å². The highest BCUT2D eigenvalue weighted by molar-refractivity contribution is 6.07. The number of carbonyl (C=O) groups is 1. The highest BCUT2D eigenvalue weighted by Crippen LogP contribution is 2.21. The smallest absolute Gasteiger partial charge is 0.252 e. The average molecular weight is 380 g/mol. The number of hydrazone groups is 1. The number of fused-ring (bicyclic) bond motifs is 1. The molecule has 0 saturated heterocycles. The number of para-hydroxylation sites is 1. The van der Waals surface area contributed by atoms with Gasteiger partial charge in [-0.25, -0.2) is 4.98 Å². The van der Waals surface area contributed by atoms with Crippen LogP contribution in [-0.4, -0.2) is 17.1 Å². The summed E-state index contributed by atoms with van der Waals surface area (Å²) in [5.74, 6) is 0.364. The third kappa shape index (κ3) is 4.65. The van der Waals surface area contributed by atoms with Crippen molar-refractivity contribution in [1.29, 1.82) is 0 Å². The number of hydrogen-bond acceptors (Lipinski definition) is 4. The molecule has 4 aromatic rings. The van der Waals surface area contributed by atoms with Crippen LogP contribution in [0.4, 0.5) is 5.82 Å². The summed E-state index contributed by atoms with van der Waals surface area (Å²) in [5, 5.41) is 8.03. The zero-order valence-corrected chi connectivity index (χ0v) is 15.7. The molecule has 0 spiro atoms. The first-order valence-electron chi connectivity index (χ1n) is 9.35. The fraction of sp³-hybridized carbons (Fsp3) is 0.0417. The first-order chi connectivity index (χ1) is 14.3. The highest BCUT2D eigenvalue weighted by Gasteiger charge is 2.12. The van der Waals surface area contributed by atoms with Crippen LogP contribution in [-0.2, 0) is 6.54 Å². The van der Waals surface area contributed by atoms with Crippen LogP contribution in [0.25, 0.3) is 10.9 Å². The third-order valence-electron chi connectivity index (χ3n) is 4.45. The van der Waals surface area contributed by atoms with Gasteiger partial charge in [-0.15, -0.1) is 0 Å². The molecule has 1 heterocycles. The first kappa shape index (κ1) is 18.4. The lowest BCUT2D eigenvalue weighted by atomic mass is 10.1. The molecule has 3 aromatic carbocycles. The van der Waals surface area contributed by atoms with E-state index in [9.17, 15) is 4.79 Å². The standard InChI is InChI=1S/C24H20N4O/c29-24(25-16-18-9-3-1-4-10-18)21-15-23(27-22-14-8-7-13-20(21)22)28-26-17-19-11-5-2-6-12-19/h1-15,17H,16H2,(H,25,29)(H,27,28)/b26-17+. The van der Waals surface area contributed by atoms with E-state index in [1.165, 1.54) is 0 Å². The van der Waals surface area contributed by atoms with Gasteiger partial charge in [0.15, 0.2) is 0 Å². The fourth-order valence-corrected chi connectivity index (χ4v) is 3.01. The van der Waals surface area contributed by atoms with Gasteiger partial charge < -0.3 is 5.32 Å². The van der Waals surface area contributed by atoms with Crippen LogP contribution < -0.4 is 10.7 Å². The molecule has 1 amide bonds. The molecule has 29 heavy (non-hydrogen) atoms. The van der Waals surface area contributed by atoms with Gasteiger partial charge in [0.2, 0.25) is 0 Å². The molecule has 0 aliphatic carbocycles. The monoisotopic (exact) mass is 380 g/mol. The SMILES string of the molecule is O=C(NCc1ccccc1)c1cc(N/N=C/c2ccccc2)nc2ccccc12. The van der Waals surface area contributed by atoms with E-state index < -0.39 is 0 Å². The summed E-state index contributed by atoms with van der Waals surface area (Å²) in [4.78, 5) is 17.4. The summed E-state index contributed by atoms with van der Waals surface area (Å²) in [6.45, 7) is 0.464. The van der Waals surface area contributed by atoms with E-state index in [0.717, 1.165) is 22.0 Å². The first-order valence-corrected chi connectivity index (χ1v) is 9.35. The van der Waals surface area contributed by atoms with Crippen LogP contribution in [0.3, 0.4) is 0 Å². The van der Waals surface area contributed by atoms with Crippen LogP contribution >= 0.6 is 0 Å². The highest BCUT2D eigenvalue weighted by atomic mass is 16.1. The van der Waals surface area contributed by atoms with Gasteiger partial charge in [0.1, 0.15) is 5.82 Å². The van der Waals surface area contributed by atoms with Crippen molar-refractivity contribution in [2.24, 2.45) is 5.10 Å². The minimum absolute atomic E-state index is 0.150. The largest absolute Gasteiger partial charge is 0.348 e. The number of aromatic nitrogens is 1. The quantitative estimate of drug-likeness (QED) is 0.379. The Morgan fingerprint density at radius 1 is 0.897 bits per heavy atom. The van der Waals surface area contributed by atoms with E-state index in [1.54, 1.807) is 12.3 Å². The lowest BCUT2D eigenvalue weighted by molar-refractivity contribution is 0.0952. The molecule has 0 fully saturated rings. The molecular formula is C24H20N4O.